The zero-order valence-electron chi connectivity index (χ0n) is 12.1. The summed E-state index contributed by atoms with van der Waals surface area (Å²) in [6.07, 6.45) is 1.68. The van der Waals surface area contributed by atoms with E-state index in [1.165, 1.54) is 5.56 Å². The highest BCUT2D eigenvalue weighted by molar-refractivity contribution is 9.10. The summed E-state index contributed by atoms with van der Waals surface area (Å²) in [5.74, 6) is 2.72. The fourth-order valence-corrected chi connectivity index (χ4v) is 2.39. The summed E-state index contributed by atoms with van der Waals surface area (Å²) < 4.78 is 12.3. The Morgan fingerprint density at radius 1 is 1.05 bits per heavy atom. The minimum absolute atomic E-state index is 0. The molecule has 0 aliphatic rings. The first-order chi connectivity index (χ1) is 10.2. The van der Waals surface area contributed by atoms with E-state index in [-0.39, 0.29) is 12.4 Å². The Labute approximate surface area is 144 Å². The third-order valence-corrected chi connectivity index (χ3v) is 4.17. The van der Waals surface area contributed by atoms with Crippen LogP contribution < -0.4 is 5.32 Å². The highest BCUT2D eigenvalue weighted by Gasteiger charge is 2.06. The second-order valence-corrected chi connectivity index (χ2v) is 5.77. The highest BCUT2D eigenvalue weighted by atomic mass is 79.9. The van der Waals surface area contributed by atoms with E-state index in [1.54, 1.807) is 6.26 Å². The van der Waals surface area contributed by atoms with Gasteiger partial charge in [0.2, 0.25) is 0 Å². The number of halogens is 2. The van der Waals surface area contributed by atoms with Gasteiger partial charge < -0.3 is 14.2 Å². The van der Waals surface area contributed by atoms with Crippen LogP contribution in [0.2, 0.25) is 0 Å². The summed E-state index contributed by atoms with van der Waals surface area (Å²) in [6.45, 7) is 3.44. The zero-order chi connectivity index (χ0) is 14.7. The van der Waals surface area contributed by atoms with Crippen LogP contribution in [-0.2, 0) is 13.1 Å². The molecule has 0 unspecified atom stereocenters. The third-order valence-electron chi connectivity index (χ3n) is 3.28. The number of hydrogen-bond donors (Lipinski definition) is 1. The second-order valence-electron chi connectivity index (χ2n) is 4.91. The summed E-state index contributed by atoms with van der Waals surface area (Å²) in [5, 5.41) is 3.29. The molecule has 116 valence electrons. The zero-order valence-corrected chi connectivity index (χ0v) is 14.5. The molecule has 1 N–H and O–H groups in total. The van der Waals surface area contributed by atoms with Crippen molar-refractivity contribution >= 4 is 28.3 Å². The number of rotatable bonds is 5. The quantitative estimate of drug-likeness (QED) is 0.649. The topological polar surface area (TPSA) is 38.3 Å². The molecule has 3 rings (SSSR count). The molecule has 0 atom stereocenters. The molecule has 0 saturated heterocycles. The van der Waals surface area contributed by atoms with Crippen molar-refractivity contribution < 1.29 is 8.83 Å². The Morgan fingerprint density at radius 2 is 1.86 bits per heavy atom. The monoisotopic (exact) mass is 381 g/mol. The predicted octanol–water partition coefficient (Wildman–Crippen LogP) is 5.32. The van der Waals surface area contributed by atoms with Gasteiger partial charge in [0.15, 0.2) is 0 Å². The average Bonchev–Trinajstić information content (AvgIpc) is 3.13. The molecule has 3 aromatic rings. The molecule has 0 radical (unpaired) electrons. The molecular weight excluding hydrogens is 366 g/mol. The van der Waals surface area contributed by atoms with Gasteiger partial charge in [-0.15, -0.1) is 12.4 Å². The van der Waals surface area contributed by atoms with E-state index in [0.717, 1.165) is 27.3 Å². The first-order valence-corrected chi connectivity index (χ1v) is 7.60. The van der Waals surface area contributed by atoms with Crippen LogP contribution in [0.4, 0.5) is 0 Å². The van der Waals surface area contributed by atoms with Crippen LogP contribution in [0.5, 0.6) is 0 Å². The lowest BCUT2D eigenvalue weighted by Gasteiger charge is -2.02. The summed E-state index contributed by atoms with van der Waals surface area (Å²) >= 11 is 3.51. The molecule has 1 aromatic carbocycles. The van der Waals surface area contributed by atoms with Gasteiger partial charge in [0, 0.05) is 10.0 Å². The number of furan rings is 2. The Bertz CT molecular complexity index is 722. The van der Waals surface area contributed by atoms with E-state index in [9.17, 15) is 0 Å². The molecule has 3 nitrogen and oxygen atoms in total. The Kier molecular flexibility index (Phi) is 5.89. The number of aryl methyl sites for hydroxylation is 1. The maximum Gasteiger partial charge on any atom is 0.134 e. The maximum atomic E-state index is 5.88. The predicted molar refractivity (Wildman–Crippen MR) is 93.1 cm³/mol. The first-order valence-electron chi connectivity index (χ1n) is 6.81. The largest absolute Gasteiger partial charge is 0.468 e. The lowest BCUT2D eigenvalue weighted by atomic mass is 10.1. The van der Waals surface area contributed by atoms with Gasteiger partial charge in [-0.3, -0.25) is 0 Å². The second kappa shape index (κ2) is 7.68. The molecule has 0 amide bonds. The molecule has 0 aliphatic carbocycles. The highest BCUT2D eigenvalue weighted by Crippen LogP contribution is 2.26. The van der Waals surface area contributed by atoms with Gasteiger partial charge in [-0.25, -0.2) is 0 Å². The third kappa shape index (κ3) is 4.03. The number of hydrogen-bond acceptors (Lipinski definition) is 3. The minimum Gasteiger partial charge on any atom is -0.468 e. The molecule has 2 aromatic heterocycles. The van der Waals surface area contributed by atoms with Gasteiger partial charge in [-0.05, 0) is 48.9 Å². The molecule has 22 heavy (non-hydrogen) atoms. The normalized spacial score (nSPS) is 10.5. The van der Waals surface area contributed by atoms with Gasteiger partial charge in [0.1, 0.15) is 17.3 Å². The van der Waals surface area contributed by atoms with Gasteiger partial charge in [-0.2, -0.15) is 0 Å². The van der Waals surface area contributed by atoms with E-state index in [0.29, 0.717) is 13.1 Å². The van der Waals surface area contributed by atoms with Crippen LogP contribution in [0.15, 0.2) is 62.0 Å². The van der Waals surface area contributed by atoms with Crippen LogP contribution in [-0.4, -0.2) is 0 Å². The van der Waals surface area contributed by atoms with Crippen LogP contribution in [0.3, 0.4) is 0 Å². The maximum absolute atomic E-state index is 5.88. The number of nitrogens with one attached hydrogen (secondary N) is 1. The van der Waals surface area contributed by atoms with Crippen molar-refractivity contribution in [1.82, 2.24) is 5.32 Å². The fourth-order valence-electron chi connectivity index (χ4n) is 2.15. The minimum atomic E-state index is 0. The molecule has 0 bridgehead atoms. The standard InChI is InChI=1S/C17H16BrNO2.ClH/c1-12-9-13(4-6-16(12)18)17-7-5-15(21-17)11-19-10-14-3-2-8-20-14;/h2-9,19H,10-11H2,1H3;1H. The Balaban J connectivity index is 0.00000176. The summed E-state index contributed by atoms with van der Waals surface area (Å²) in [7, 11) is 0. The van der Waals surface area contributed by atoms with Crippen molar-refractivity contribution in [2.45, 2.75) is 20.0 Å². The molecule has 5 heteroatoms. The van der Waals surface area contributed by atoms with Crippen LogP contribution in [0, 0.1) is 6.92 Å². The number of benzene rings is 1. The van der Waals surface area contributed by atoms with Gasteiger partial charge in [0.05, 0.1) is 19.4 Å². The first kappa shape index (κ1) is 16.9. The van der Waals surface area contributed by atoms with E-state index in [1.807, 2.05) is 30.3 Å². The van der Waals surface area contributed by atoms with Crippen molar-refractivity contribution in [3.05, 3.63) is 70.3 Å². The summed E-state index contributed by atoms with van der Waals surface area (Å²) in [6, 6.07) is 14.1. The van der Waals surface area contributed by atoms with Crippen LogP contribution in [0.1, 0.15) is 17.1 Å². The van der Waals surface area contributed by atoms with Crippen LogP contribution >= 0.6 is 28.3 Å². The van der Waals surface area contributed by atoms with E-state index in [4.69, 9.17) is 8.83 Å². The van der Waals surface area contributed by atoms with Crippen molar-refractivity contribution in [1.29, 1.82) is 0 Å². The smallest absolute Gasteiger partial charge is 0.134 e. The van der Waals surface area contributed by atoms with Crippen LogP contribution in [0.25, 0.3) is 11.3 Å². The van der Waals surface area contributed by atoms with Gasteiger partial charge in [-0.1, -0.05) is 22.0 Å². The Hall–Kier alpha value is -1.49. The molecule has 2 heterocycles. The van der Waals surface area contributed by atoms with E-state index >= 15 is 0 Å². The van der Waals surface area contributed by atoms with Crippen molar-refractivity contribution in [3.8, 4) is 11.3 Å². The van der Waals surface area contributed by atoms with E-state index in [2.05, 4.69) is 40.3 Å². The molecule has 0 saturated carbocycles. The fraction of sp³-hybridized carbons (Fsp3) is 0.176. The molecule has 0 fully saturated rings. The lowest BCUT2D eigenvalue weighted by Crippen LogP contribution is -2.11. The SMILES string of the molecule is Cc1cc(-c2ccc(CNCc3ccco3)o2)ccc1Br.Cl. The average molecular weight is 383 g/mol. The van der Waals surface area contributed by atoms with E-state index < -0.39 is 0 Å². The van der Waals surface area contributed by atoms with Crippen molar-refractivity contribution in [2.75, 3.05) is 0 Å². The van der Waals surface area contributed by atoms with Crippen molar-refractivity contribution in [2.24, 2.45) is 0 Å². The summed E-state index contributed by atoms with van der Waals surface area (Å²) in [5.41, 5.74) is 2.29. The molecule has 0 aliphatic heterocycles. The van der Waals surface area contributed by atoms with Gasteiger partial charge in [0.25, 0.3) is 0 Å². The molecular formula is C17H17BrClNO2. The van der Waals surface area contributed by atoms with Crippen molar-refractivity contribution in [3.63, 3.8) is 0 Å². The van der Waals surface area contributed by atoms with Gasteiger partial charge >= 0.3 is 0 Å². The Morgan fingerprint density at radius 3 is 2.59 bits per heavy atom. The lowest BCUT2D eigenvalue weighted by molar-refractivity contribution is 0.455. The molecule has 0 spiro atoms. The summed E-state index contributed by atoms with van der Waals surface area (Å²) in [4.78, 5) is 0.